The van der Waals surface area contributed by atoms with Crippen molar-refractivity contribution in [2.45, 2.75) is 121 Å². The molecule has 3 aromatic rings. The maximum Gasteiger partial charge on any atom is 0.306 e. The third kappa shape index (κ3) is 11.3. The quantitative estimate of drug-likeness (QED) is 0.136. The van der Waals surface area contributed by atoms with Crippen LogP contribution in [0.3, 0.4) is 0 Å². The predicted octanol–water partition coefficient (Wildman–Crippen LogP) is 6.56. The summed E-state index contributed by atoms with van der Waals surface area (Å²) >= 11 is 1.53. The molecule has 3 saturated heterocycles. The fourth-order valence-corrected chi connectivity index (χ4v) is 12.3. The van der Waals surface area contributed by atoms with Gasteiger partial charge in [-0.2, -0.15) is 4.31 Å². The molecule has 15 heteroatoms. The zero-order valence-electron chi connectivity index (χ0n) is 34.9. The van der Waals surface area contributed by atoms with Crippen LogP contribution in [0.5, 0.6) is 0 Å². The van der Waals surface area contributed by atoms with Crippen molar-refractivity contribution in [3.8, 4) is 0 Å². The Kier molecular flexibility index (Phi) is 14.8. The summed E-state index contributed by atoms with van der Waals surface area (Å²) in [6.07, 6.45) is 5.58. The Morgan fingerprint density at radius 2 is 1.71 bits per heavy atom. The number of hydrogen-bond acceptors (Lipinski definition) is 11. The van der Waals surface area contributed by atoms with E-state index in [1.54, 1.807) is 18.2 Å². The van der Waals surface area contributed by atoms with Crippen molar-refractivity contribution in [2.24, 2.45) is 29.6 Å². The first kappa shape index (κ1) is 44.4. The molecular weight excluding hydrogens is 799 g/mol. The van der Waals surface area contributed by atoms with Crippen LogP contribution < -0.4 is 5.32 Å². The van der Waals surface area contributed by atoms with Gasteiger partial charge in [-0.1, -0.05) is 40.5 Å². The van der Waals surface area contributed by atoms with Gasteiger partial charge in [0, 0.05) is 43.6 Å². The molecule has 4 aliphatic rings. The lowest BCUT2D eigenvalue weighted by Gasteiger charge is -2.35. The van der Waals surface area contributed by atoms with Crippen molar-refractivity contribution in [2.75, 3.05) is 45.9 Å². The molecule has 0 spiro atoms. The first-order valence-corrected chi connectivity index (χ1v) is 23.9. The third-order valence-corrected chi connectivity index (χ3v) is 15.4. The highest BCUT2D eigenvalue weighted by molar-refractivity contribution is 7.89. The van der Waals surface area contributed by atoms with Gasteiger partial charge in [0.25, 0.3) is 0 Å². The highest BCUT2D eigenvalue weighted by atomic mass is 32.2. The van der Waals surface area contributed by atoms with Crippen LogP contribution in [0, 0.1) is 41.2 Å². The zero-order valence-corrected chi connectivity index (χ0v) is 36.5. The number of aromatic nitrogens is 1. The molecule has 11 nitrogen and oxygen atoms in total. The summed E-state index contributed by atoms with van der Waals surface area (Å²) < 4.78 is 77.2. The number of hydrogen-bond donors (Lipinski definition) is 2. The summed E-state index contributed by atoms with van der Waals surface area (Å²) in [6.45, 7) is 11.3. The lowest BCUT2D eigenvalue weighted by atomic mass is 9.90. The normalized spacial score (nSPS) is 24.5. The topological polar surface area (TPSA) is 131 Å². The second-order valence-electron chi connectivity index (χ2n) is 18.1. The van der Waals surface area contributed by atoms with Crippen LogP contribution in [-0.4, -0.2) is 110 Å². The number of rotatable bonds is 18. The van der Waals surface area contributed by atoms with Crippen LogP contribution in [0.15, 0.2) is 41.3 Å². The van der Waals surface area contributed by atoms with Crippen molar-refractivity contribution in [1.29, 1.82) is 0 Å². The molecule has 3 aliphatic heterocycles. The third-order valence-electron chi connectivity index (χ3n) is 12.5. The van der Waals surface area contributed by atoms with Crippen molar-refractivity contribution in [3.05, 3.63) is 58.6 Å². The minimum absolute atomic E-state index is 0.0747. The van der Waals surface area contributed by atoms with E-state index < -0.39 is 52.0 Å². The molecule has 0 amide bonds. The molecule has 6 atom stereocenters. The summed E-state index contributed by atoms with van der Waals surface area (Å²) in [5.74, 6) is -2.51. The summed E-state index contributed by atoms with van der Waals surface area (Å²) in [7, 11) is -4.14. The number of benzene rings is 2. The molecule has 2 N–H and O–H groups in total. The van der Waals surface area contributed by atoms with Gasteiger partial charge in [-0.25, -0.2) is 22.2 Å². The number of likely N-dealkylation sites (tertiary alicyclic amines) is 1. The molecule has 0 radical (unpaired) electrons. The van der Waals surface area contributed by atoms with Crippen LogP contribution >= 0.6 is 11.3 Å². The van der Waals surface area contributed by atoms with Gasteiger partial charge in [0.2, 0.25) is 10.0 Å². The molecule has 0 bridgehead atoms. The molecule has 59 heavy (non-hydrogen) atoms. The number of aliphatic hydroxyl groups excluding tert-OH is 1. The number of carbonyl (C=O) groups excluding carboxylic acids is 1. The second-order valence-corrected chi connectivity index (χ2v) is 21.2. The average Bonchev–Trinajstić information content (AvgIpc) is 3.99. The van der Waals surface area contributed by atoms with E-state index in [0.717, 1.165) is 78.4 Å². The molecule has 1 aliphatic carbocycles. The van der Waals surface area contributed by atoms with Crippen molar-refractivity contribution >= 4 is 37.5 Å². The summed E-state index contributed by atoms with van der Waals surface area (Å²) in [6, 6.07) is 8.73. The van der Waals surface area contributed by atoms with Crippen LogP contribution in [0.25, 0.3) is 10.2 Å². The molecule has 4 heterocycles. The van der Waals surface area contributed by atoms with E-state index in [1.165, 1.54) is 41.3 Å². The molecule has 7 rings (SSSR count). The maximum absolute atomic E-state index is 14.4. The summed E-state index contributed by atoms with van der Waals surface area (Å²) in [4.78, 5) is 21.3. The van der Waals surface area contributed by atoms with E-state index in [9.17, 15) is 27.1 Å². The van der Waals surface area contributed by atoms with Crippen LogP contribution in [0.2, 0.25) is 0 Å². The lowest BCUT2D eigenvalue weighted by Crippen LogP contribution is -2.44. The summed E-state index contributed by atoms with van der Waals surface area (Å²) in [5.41, 5.74) is 0.990. The maximum atomic E-state index is 14.4. The van der Waals surface area contributed by atoms with Crippen LogP contribution in [-0.2, 0) is 41.9 Å². The highest BCUT2D eigenvalue weighted by Gasteiger charge is 2.50. The SMILES string of the molecule is CC(C)CN[C@H]1CO[C@@H]2OC[C@H](OC(=O)C[C@@H](Cc3cc(F)cc(F)c3)[C@H](O)CN(CC(C)C)S(=O)(=O)c3ccc4nc(CC5CCN(C6CCCC6)CC5)sc4c3)[C@@H]21. The number of aliphatic hydroxyl groups is 1. The average molecular weight is 861 g/mol. The smallest absolute Gasteiger partial charge is 0.306 e. The van der Waals surface area contributed by atoms with E-state index in [0.29, 0.717) is 18.4 Å². The summed E-state index contributed by atoms with van der Waals surface area (Å²) in [5, 5.41) is 16.4. The minimum atomic E-state index is -4.14. The number of fused-ring (bicyclic) bond motifs is 2. The van der Waals surface area contributed by atoms with Crippen LogP contribution in [0.4, 0.5) is 8.78 Å². The van der Waals surface area contributed by atoms with Gasteiger partial charge in [-0.05, 0) is 105 Å². The van der Waals surface area contributed by atoms with Gasteiger partial charge in [0.15, 0.2) is 6.29 Å². The van der Waals surface area contributed by atoms with Gasteiger partial charge in [0.1, 0.15) is 17.7 Å². The van der Waals surface area contributed by atoms with Gasteiger partial charge in [-0.15, -0.1) is 11.3 Å². The van der Waals surface area contributed by atoms with Gasteiger partial charge < -0.3 is 29.5 Å². The van der Waals surface area contributed by atoms with Crippen molar-refractivity contribution in [3.63, 3.8) is 0 Å². The minimum Gasteiger partial charge on any atom is -0.459 e. The Balaban J connectivity index is 1.05. The number of carbonyl (C=O) groups is 1. The zero-order chi connectivity index (χ0) is 41.8. The number of esters is 1. The molecule has 1 saturated carbocycles. The van der Waals surface area contributed by atoms with Crippen molar-refractivity contribution < 1.29 is 41.3 Å². The standard InChI is InChI=1S/C44H62F2N4O7S2/c1-27(2)22-47-37-25-55-44-43(37)39(26-56-44)57-42(52)19-31(15-30-16-32(45)20-33(46)17-30)38(51)24-50(23-28(3)4)59(53,54)35-9-10-36-40(21-35)58-41(48-36)18-29-11-13-49(14-12-29)34-7-5-6-8-34/h9-10,16-17,20-21,27-29,31,34,37-39,43-44,47,51H,5-8,11-15,18-19,22-26H2,1-4H3/t31-,37+,38-,39+,43+,44-/m1/s1. The lowest BCUT2D eigenvalue weighted by molar-refractivity contribution is -0.153. The Morgan fingerprint density at radius 3 is 2.41 bits per heavy atom. The Morgan fingerprint density at radius 1 is 1.00 bits per heavy atom. The molecule has 1 aromatic heterocycles. The monoisotopic (exact) mass is 860 g/mol. The van der Waals surface area contributed by atoms with E-state index >= 15 is 0 Å². The number of halogens is 2. The number of piperidine rings is 1. The van der Waals surface area contributed by atoms with Crippen LogP contribution in [0.1, 0.15) is 83.2 Å². The second kappa shape index (κ2) is 19.6. The highest BCUT2D eigenvalue weighted by Crippen LogP contribution is 2.36. The van der Waals surface area contributed by atoms with E-state index in [2.05, 4.69) is 24.1 Å². The fourth-order valence-electron chi connectivity index (χ4n) is 9.43. The van der Waals surface area contributed by atoms with E-state index in [1.807, 2.05) is 13.8 Å². The van der Waals surface area contributed by atoms with E-state index in [4.69, 9.17) is 19.2 Å². The van der Waals surface area contributed by atoms with Gasteiger partial charge in [-0.3, -0.25) is 4.79 Å². The number of sulfonamides is 1. The Hall–Kier alpha value is -2.63. The largest absolute Gasteiger partial charge is 0.459 e. The number of nitrogens with zero attached hydrogens (tertiary/aromatic N) is 3. The number of thiazole rings is 1. The van der Waals surface area contributed by atoms with Gasteiger partial charge >= 0.3 is 5.97 Å². The number of nitrogens with one attached hydrogen (secondary N) is 1. The molecule has 0 unspecified atom stereocenters. The van der Waals surface area contributed by atoms with E-state index in [-0.39, 0.29) is 60.9 Å². The number of ether oxygens (including phenoxy) is 3. The first-order chi connectivity index (χ1) is 28.2. The molecular formula is C44H62F2N4O7S2. The van der Waals surface area contributed by atoms with Crippen molar-refractivity contribution in [1.82, 2.24) is 19.5 Å². The predicted molar refractivity (Wildman–Crippen MR) is 223 cm³/mol. The fraction of sp³-hybridized carbons (Fsp3) is 0.682. The Labute approximate surface area is 352 Å². The molecule has 2 aromatic carbocycles. The molecule has 4 fully saturated rings. The molecule has 326 valence electrons. The Bertz CT molecular complexity index is 1970. The first-order valence-electron chi connectivity index (χ1n) is 21.6. The van der Waals surface area contributed by atoms with Gasteiger partial charge in [0.05, 0.1) is 51.8 Å².